The molecule has 0 N–H and O–H groups in total. The van der Waals surface area contributed by atoms with E-state index in [1.807, 2.05) is 34.0 Å². The van der Waals surface area contributed by atoms with Gasteiger partial charge in [-0.1, -0.05) is 0 Å². The van der Waals surface area contributed by atoms with Crippen LogP contribution < -0.4 is 0 Å². The van der Waals surface area contributed by atoms with Gasteiger partial charge in [-0.3, -0.25) is 0 Å². The molecule has 0 aliphatic heterocycles. The van der Waals surface area contributed by atoms with Crippen molar-refractivity contribution in [3.63, 3.8) is 0 Å². The fourth-order valence-corrected chi connectivity index (χ4v) is 8.85. The van der Waals surface area contributed by atoms with Crippen LogP contribution in [-0.2, 0) is 6.42 Å². The number of hydrogen-bond acceptors (Lipinski definition) is 6. The van der Waals surface area contributed by atoms with E-state index in [9.17, 15) is 0 Å². The molecule has 0 aliphatic rings. The molecule has 5 aromatic heterocycles. The van der Waals surface area contributed by atoms with Crippen molar-refractivity contribution in [3.05, 3.63) is 69.3 Å². The number of aryl methyl sites for hydroxylation is 1. The summed E-state index contributed by atoms with van der Waals surface area (Å²) in [6.07, 6.45) is 1.43. The van der Waals surface area contributed by atoms with Gasteiger partial charge in [0.2, 0.25) is 0 Å². The molecule has 7 heteroatoms. The largest absolute Gasteiger partial charge is 0.198 e. The third-order valence-electron chi connectivity index (χ3n) is 4.51. The van der Waals surface area contributed by atoms with E-state index in [2.05, 4.69) is 82.7 Å². The Balaban J connectivity index is 1.36. The van der Waals surface area contributed by atoms with Crippen LogP contribution in [0.15, 0.2) is 64.5 Å². The second kappa shape index (κ2) is 8.91. The van der Waals surface area contributed by atoms with Crippen LogP contribution in [0.1, 0.15) is 11.3 Å². The molecule has 0 unspecified atom stereocenters. The first kappa shape index (κ1) is 20.4. The molecule has 0 amide bonds. The van der Waals surface area contributed by atoms with Crippen LogP contribution in [-0.4, -0.2) is 0 Å². The van der Waals surface area contributed by atoms with Gasteiger partial charge in [-0.05, 0) is 83.0 Å². The minimum absolute atomic E-state index is 0.585. The summed E-state index contributed by atoms with van der Waals surface area (Å²) in [5.74, 6) is 0. The van der Waals surface area contributed by atoms with Gasteiger partial charge < -0.3 is 0 Å². The molecule has 5 heterocycles. The van der Waals surface area contributed by atoms with Crippen LogP contribution >= 0.6 is 72.6 Å². The van der Waals surface area contributed by atoms with E-state index in [-0.39, 0.29) is 0 Å². The van der Waals surface area contributed by atoms with Gasteiger partial charge in [0.1, 0.15) is 0 Å². The Labute approximate surface area is 203 Å². The van der Waals surface area contributed by atoms with Crippen molar-refractivity contribution in [2.45, 2.75) is 12.8 Å². The molecule has 5 rings (SSSR count). The zero-order valence-electron chi connectivity index (χ0n) is 15.6. The number of rotatable bonds is 6. The normalized spacial score (nSPS) is 11.1. The zero-order valence-corrected chi connectivity index (χ0v) is 21.2. The molecule has 0 saturated heterocycles. The van der Waals surface area contributed by atoms with Crippen molar-refractivity contribution in [2.24, 2.45) is 0 Å². The third-order valence-corrected chi connectivity index (χ3v) is 11.3. The number of thiophene rings is 5. The molecule has 5 aromatic rings. The molecule has 30 heavy (non-hydrogen) atoms. The summed E-state index contributed by atoms with van der Waals surface area (Å²) in [7, 11) is 0. The molecule has 0 fully saturated rings. The van der Waals surface area contributed by atoms with Gasteiger partial charge >= 0.3 is 0 Å². The summed E-state index contributed by atoms with van der Waals surface area (Å²) in [5, 5.41) is 8.78. The number of hydrogen-bond donors (Lipinski definition) is 0. The van der Waals surface area contributed by atoms with E-state index in [0.29, 0.717) is 6.42 Å². The van der Waals surface area contributed by atoms with E-state index in [1.165, 1.54) is 47.7 Å². The highest BCUT2D eigenvalue weighted by molar-refractivity contribution is 9.11. The van der Waals surface area contributed by atoms with Gasteiger partial charge in [0.25, 0.3) is 0 Å². The number of nitriles is 1. The van der Waals surface area contributed by atoms with Crippen LogP contribution in [0.3, 0.4) is 0 Å². The molecule has 1 nitrogen and oxygen atoms in total. The average molecular weight is 545 g/mol. The van der Waals surface area contributed by atoms with Crippen molar-refractivity contribution in [1.82, 2.24) is 0 Å². The topological polar surface area (TPSA) is 23.8 Å². The van der Waals surface area contributed by atoms with E-state index < -0.39 is 0 Å². The van der Waals surface area contributed by atoms with Crippen molar-refractivity contribution >= 4 is 72.6 Å². The van der Waals surface area contributed by atoms with Gasteiger partial charge in [-0.25, -0.2) is 0 Å². The maximum Gasteiger partial charge on any atom is 0.0705 e. The molecule has 0 bridgehead atoms. The van der Waals surface area contributed by atoms with Crippen LogP contribution in [0.5, 0.6) is 0 Å². The lowest BCUT2D eigenvalue weighted by Crippen LogP contribution is -1.74. The molecule has 0 aliphatic carbocycles. The Morgan fingerprint density at radius 2 is 0.967 bits per heavy atom. The third kappa shape index (κ3) is 4.26. The van der Waals surface area contributed by atoms with Crippen LogP contribution in [0.25, 0.3) is 39.0 Å². The highest BCUT2D eigenvalue weighted by atomic mass is 79.9. The molecule has 0 radical (unpaired) electrons. The molecular weight excluding hydrogens is 530 g/mol. The first-order chi connectivity index (χ1) is 14.7. The second-order valence-electron chi connectivity index (χ2n) is 6.52. The summed E-state index contributed by atoms with van der Waals surface area (Å²) in [4.78, 5) is 11.8. The first-order valence-corrected chi connectivity index (χ1v) is 14.1. The lowest BCUT2D eigenvalue weighted by molar-refractivity contribution is 1.04. The highest BCUT2D eigenvalue weighted by Gasteiger charge is 2.12. The predicted molar refractivity (Wildman–Crippen MR) is 139 cm³/mol. The molecule has 0 spiro atoms. The highest BCUT2D eigenvalue weighted by Crippen LogP contribution is 2.44. The van der Waals surface area contributed by atoms with Gasteiger partial charge in [0.05, 0.1) is 9.86 Å². The first-order valence-electron chi connectivity index (χ1n) is 9.21. The Morgan fingerprint density at radius 1 is 0.567 bits per heavy atom. The van der Waals surface area contributed by atoms with E-state index in [1.54, 1.807) is 22.7 Å². The summed E-state index contributed by atoms with van der Waals surface area (Å²) in [6, 6.07) is 24.2. The standard InChI is InChI=1S/C23H14BrNS5/c24-23-12-11-22(30-23)21-10-9-20(29-21)19-8-7-18(28-19)17-6-5-16(27-17)15-4-3-14(26-15)2-1-13-25/h3-12H,1-2H2. The molecule has 0 atom stereocenters. The lowest BCUT2D eigenvalue weighted by Gasteiger charge is -1.93. The Kier molecular flexibility index (Phi) is 6.05. The molecule has 0 saturated carbocycles. The Hall–Kier alpha value is -1.53. The smallest absolute Gasteiger partial charge is 0.0705 e. The summed E-state index contributed by atoms with van der Waals surface area (Å²) in [6.45, 7) is 0. The van der Waals surface area contributed by atoms with E-state index in [4.69, 9.17) is 5.26 Å². The maximum absolute atomic E-state index is 8.78. The monoisotopic (exact) mass is 543 g/mol. The van der Waals surface area contributed by atoms with Gasteiger partial charge in [-0.2, -0.15) is 5.26 Å². The van der Waals surface area contributed by atoms with Gasteiger partial charge in [0, 0.05) is 50.3 Å². The van der Waals surface area contributed by atoms with Crippen LogP contribution in [0.4, 0.5) is 0 Å². The molecular formula is C23H14BrNS5. The van der Waals surface area contributed by atoms with Crippen molar-refractivity contribution < 1.29 is 0 Å². The fraction of sp³-hybridized carbons (Fsp3) is 0.0870. The SMILES string of the molecule is N#CCCc1ccc(-c2ccc(-c3ccc(-c4ccc(-c5ccc(Br)s5)s4)s3)s2)s1. The van der Waals surface area contributed by atoms with Gasteiger partial charge in [0.15, 0.2) is 0 Å². The summed E-state index contributed by atoms with van der Waals surface area (Å²) < 4.78 is 1.17. The van der Waals surface area contributed by atoms with E-state index >= 15 is 0 Å². The van der Waals surface area contributed by atoms with Crippen molar-refractivity contribution in [1.29, 1.82) is 5.26 Å². The van der Waals surface area contributed by atoms with Crippen molar-refractivity contribution in [3.8, 4) is 45.1 Å². The van der Waals surface area contributed by atoms with Crippen LogP contribution in [0.2, 0.25) is 0 Å². The minimum atomic E-state index is 0.585. The van der Waals surface area contributed by atoms with E-state index in [0.717, 1.165) is 6.42 Å². The number of nitrogens with zero attached hydrogens (tertiary/aromatic N) is 1. The average Bonchev–Trinajstić information content (AvgIpc) is 3.55. The molecule has 0 aromatic carbocycles. The number of halogens is 1. The van der Waals surface area contributed by atoms with Crippen molar-refractivity contribution in [2.75, 3.05) is 0 Å². The van der Waals surface area contributed by atoms with Crippen LogP contribution in [0, 0.1) is 11.3 Å². The minimum Gasteiger partial charge on any atom is -0.198 e. The quantitative estimate of drug-likeness (QED) is 0.209. The maximum atomic E-state index is 8.78. The zero-order chi connectivity index (χ0) is 20.5. The Morgan fingerprint density at radius 3 is 1.40 bits per heavy atom. The second-order valence-corrected chi connectivity index (χ2v) is 13.4. The fourth-order valence-electron chi connectivity index (χ4n) is 3.08. The van der Waals surface area contributed by atoms with Gasteiger partial charge in [-0.15, -0.1) is 56.7 Å². The molecule has 148 valence electrons. The lowest BCUT2D eigenvalue weighted by atomic mass is 10.3. The summed E-state index contributed by atoms with van der Waals surface area (Å²) in [5.41, 5.74) is 0. The summed E-state index contributed by atoms with van der Waals surface area (Å²) >= 11 is 12.7. The predicted octanol–water partition coefficient (Wildman–Crippen LogP) is 9.88. The Bertz CT molecular complexity index is 1340.